The molecule has 0 rings (SSSR count). The molecular weight excluding hydrogens is 372 g/mol. The second-order valence-corrected chi connectivity index (χ2v) is 6.23. The van der Waals surface area contributed by atoms with Gasteiger partial charge in [-0.15, -0.1) is 0 Å². The minimum atomic E-state index is -1.94. The van der Waals surface area contributed by atoms with Crippen LogP contribution in [0.5, 0.6) is 0 Å². The molecule has 0 aliphatic carbocycles. The summed E-state index contributed by atoms with van der Waals surface area (Å²) in [6.07, 6.45) is -7.42. The van der Waals surface area contributed by atoms with Gasteiger partial charge in [0.25, 0.3) is 11.4 Å². The Morgan fingerprint density at radius 1 is 0.750 bits per heavy atom. The maximum absolute atomic E-state index is 11.7. The van der Waals surface area contributed by atoms with Crippen LogP contribution in [-0.4, -0.2) is 70.0 Å². The third-order valence-corrected chi connectivity index (χ3v) is 3.47. The van der Waals surface area contributed by atoms with E-state index < -0.39 is 49.6 Å². The molecule has 0 aliphatic heterocycles. The third kappa shape index (κ3) is 7.47. The predicted molar refractivity (Wildman–Crippen MR) is 95.9 cm³/mol. The lowest BCUT2D eigenvalue weighted by atomic mass is 10.0. The zero-order valence-corrected chi connectivity index (χ0v) is 16.0. The van der Waals surface area contributed by atoms with Crippen molar-refractivity contribution < 1.29 is 39.5 Å². The van der Waals surface area contributed by atoms with Crippen LogP contribution < -0.4 is 0 Å². The first kappa shape index (κ1) is 25.2. The normalized spacial score (nSPS) is 14.4. The second-order valence-electron chi connectivity index (χ2n) is 6.23. The van der Waals surface area contributed by atoms with Gasteiger partial charge in [-0.05, 0) is 0 Å². The quantitative estimate of drug-likeness (QED) is 0.241. The Labute approximate surface area is 162 Å². The molecule has 4 N–H and O–H groups in total. The molecule has 0 saturated heterocycles. The summed E-state index contributed by atoms with van der Waals surface area (Å²) in [4.78, 5) is 29.4. The van der Waals surface area contributed by atoms with E-state index in [9.17, 15) is 30.0 Å². The molecule has 0 spiro atoms. The van der Waals surface area contributed by atoms with Crippen LogP contribution in [0.15, 0.2) is 22.5 Å². The van der Waals surface area contributed by atoms with Crippen LogP contribution in [0.3, 0.4) is 0 Å². The van der Waals surface area contributed by atoms with Crippen molar-refractivity contribution >= 4 is 11.9 Å². The molecule has 10 heteroatoms. The Kier molecular flexibility index (Phi) is 10.7. The van der Waals surface area contributed by atoms with Gasteiger partial charge in [0, 0.05) is 0 Å². The smallest absolute Gasteiger partial charge is 0.336 e. The number of esters is 2. The molecule has 0 aromatic carbocycles. The molecule has 28 heavy (non-hydrogen) atoms. The molecular formula is C18H24N2O8. The highest BCUT2D eigenvalue weighted by molar-refractivity contribution is 5.91. The van der Waals surface area contributed by atoms with Crippen LogP contribution in [0.2, 0.25) is 0 Å². The highest BCUT2D eigenvalue weighted by atomic mass is 16.6. The monoisotopic (exact) mass is 396 g/mol. The number of aliphatic hydroxyl groups excluding tert-OH is 4. The Balaban J connectivity index is 4.74. The van der Waals surface area contributed by atoms with Gasteiger partial charge in [0.15, 0.2) is 0 Å². The lowest BCUT2D eigenvalue weighted by Gasteiger charge is -2.26. The first-order valence-corrected chi connectivity index (χ1v) is 8.14. The number of nitrogens with zero attached hydrogens (tertiary/aromatic N) is 2. The molecule has 0 aliphatic rings. The van der Waals surface area contributed by atoms with Crippen molar-refractivity contribution in [2.24, 2.45) is 0 Å². The van der Waals surface area contributed by atoms with Crippen LogP contribution in [0.1, 0.15) is 27.7 Å². The molecule has 0 amide bonds. The molecule has 0 aromatic rings. The van der Waals surface area contributed by atoms with E-state index in [1.54, 1.807) is 0 Å². The molecule has 154 valence electrons. The predicted octanol–water partition coefficient (Wildman–Crippen LogP) is -0.0572. The number of hydrogen-bond donors (Lipinski definition) is 4. The maximum Gasteiger partial charge on any atom is 0.336 e. The van der Waals surface area contributed by atoms with Gasteiger partial charge in [-0.3, -0.25) is 9.59 Å². The highest BCUT2D eigenvalue weighted by Crippen LogP contribution is 2.12. The van der Waals surface area contributed by atoms with E-state index >= 15 is 0 Å². The molecule has 10 nitrogen and oxygen atoms in total. The van der Waals surface area contributed by atoms with Crippen molar-refractivity contribution in [1.82, 2.24) is 0 Å². The number of aliphatic hydroxyl groups is 4. The van der Waals surface area contributed by atoms with Gasteiger partial charge in [0.05, 0.1) is 13.1 Å². The van der Waals surface area contributed by atoms with E-state index in [0.717, 1.165) is 0 Å². The number of allylic oxidation sites excluding steroid dienone is 2. The van der Waals surface area contributed by atoms with Crippen LogP contribution in [0, 0.1) is 13.1 Å². The number of hydrogen-bond acceptors (Lipinski definition) is 8. The van der Waals surface area contributed by atoms with Crippen LogP contribution in [0.4, 0.5) is 0 Å². The highest BCUT2D eigenvalue weighted by Gasteiger charge is 2.32. The summed E-state index contributed by atoms with van der Waals surface area (Å²) in [5.41, 5.74) is 0.262. The van der Waals surface area contributed by atoms with E-state index in [4.69, 9.17) is 22.6 Å². The van der Waals surface area contributed by atoms with E-state index in [1.807, 2.05) is 0 Å². The Morgan fingerprint density at radius 3 is 1.25 bits per heavy atom. The van der Waals surface area contributed by atoms with Crippen molar-refractivity contribution in [3.63, 3.8) is 0 Å². The first-order chi connectivity index (χ1) is 13.0. The van der Waals surface area contributed by atoms with Gasteiger partial charge in [-0.25, -0.2) is 9.69 Å². The fourth-order valence-electron chi connectivity index (χ4n) is 1.83. The number of ether oxygens (including phenoxy) is 2. The number of carbonyl (C=O) groups excluding carboxylic acids is 2. The summed E-state index contributed by atoms with van der Waals surface area (Å²) in [5.74, 6) is -2.00. The fraction of sp³-hybridized carbons (Fsp3) is 0.556. The maximum atomic E-state index is 11.7. The van der Waals surface area contributed by atoms with E-state index in [0.29, 0.717) is 11.1 Å². The van der Waals surface area contributed by atoms with Crippen molar-refractivity contribution in [1.29, 1.82) is 0 Å². The minimum absolute atomic E-state index is 0.274. The summed E-state index contributed by atoms with van der Waals surface area (Å²) < 4.78 is 9.40. The van der Waals surface area contributed by atoms with Crippen LogP contribution in [0.25, 0.3) is 9.69 Å². The summed E-state index contributed by atoms with van der Waals surface area (Å²) in [5, 5.41) is 39.3. The van der Waals surface area contributed by atoms with Gasteiger partial charge >= 0.3 is 11.9 Å². The summed E-state index contributed by atoms with van der Waals surface area (Å²) in [6, 6.07) is 0. The van der Waals surface area contributed by atoms with Crippen molar-refractivity contribution in [2.45, 2.75) is 52.1 Å². The molecule has 0 bridgehead atoms. The zero-order chi connectivity index (χ0) is 22.0. The van der Waals surface area contributed by atoms with E-state index in [2.05, 4.69) is 9.69 Å². The zero-order valence-electron chi connectivity index (χ0n) is 16.0. The second kappa shape index (κ2) is 11.8. The molecule has 0 radical (unpaired) electrons. The first-order valence-electron chi connectivity index (χ1n) is 8.14. The number of rotatable bonds is 9. The summed E-state index contributed by atoms with van der Waals surface area (Å²) in [7, 11) is 0. The minimum Gasteiger partial charge on any atom is -0.468 e. The van der Waals surface area contributed by atoms with Crippen molar-refractivity contribution in [3.05, 3.63) is 45.4 Å². The summed E-state index contributed by atoms with van der Waals surface area (Å²) in [6.45, 7) is 18.4. The molecule has 0 aromatic heterocycles. The molecule has 0 saturated carbocycles. The van der Waals surface area contributed by atoms with Gasteiger partial charge in [-0.2, -0.15) is 0 Å². The third-order valence-electron chi connectivity index (χ3n) is 3.47. The van der Waals surface area contributed by atoms with Crippen LogP contribution in [-0.2, 0) is 19.1 Å². The summed E-state index contributed by atoms with van der Waals surface area (Å²) >= 11 is 0. The molecule has 0 fully saturated rings. The topological polar surface area (TPSA) is 142 Å². The van der Waals surface area contributed by atoms with Gasteiger partial charge in [-0.1, -0.05) is 38.8 Å². The van der Waals surface area contributed by atoms with E-state index in [1.165, 1.54) is 27.7 Å². The number of carbonyl (C=O) groups is 2. The standard InChI is InChI=1S/C18H24N2O8/c1-9(2)13(19-5)17(25)27-7-11(21)15(23)16(24)12(22)8-28-18(26)14(20-6)10(3)4/h11-12,15-16,21-24H,7-8H2,1-4H3/t11-,12-,15-,16-/m1/s1. The average Bonchev–Trinajstić information content (AvgIpc) is 2.63. The molecule has 0 unspecified atom stereocenters. The lowest BCUT2D eigenvalue weighted by molar-refractivity contribution is -0.158. The van der Waals surface area contributed by atoms with E-state index in [-0.39, 0.29) is 11.4 Å². The Hall–Kier alpha value is -2.76. The largest absolute Gasteiger partial charge is 0.468 e. The molecule has 4 atom stereocenters. The molecule has 0 heterocycles. The fourth-order valence-corrected chi connectivity index (χ4v) is 1.83. The SMILES string of the molecule is [C-]#[N+]C(C(=O)OC[C@@H](O)[C@@H](O)[C@H](O)[C@H](O)COC(=O)C([N+]#[C-])=C(C)C)=C(C)C. The van der Waals surface area contributed by atoms with Gasteiger partial charge < -0.3 is 29.9 Å². The van der Waals surface area contributed by atoms with Crippen molar-refractivity contribution in [3.8, 4) is 0 Å². The van der Waals surface area contributed by atoms with Gasteiger partial charge in [0.2, 0.25) is 0 Å². The van der Waals surface area contributed by atoms with Crippen molar-refractivity contribution in [2.75, 3.05) is 13.2 Å². The van der Waals surface area contributed by atoms with Gasteiger partial charge in [0.1, 0.15) is 37.6 Å². The Bertz CT molecular complexity index is 659. The van der Waals surface area contributed by atoms with Crippen LogP contribution >= 0.6 is 0 Å². The lowest BCUT2D eigenvalue weighted by Crippen LogP contribution is -2.48. The Morgan fingerprint density at radius 2 is 1.04 bits per heavy atom. The average molecular weight is 396 g/mol.